The lowest BCUT2D eigenvalue weighted by molar-refractivity contribution is -0.376. The molecular weight excluding hydrogens is 476 g/mol. The summed E-state index contributed by atoms with van der Waals surface area (Å²) in [5.74, 6) is 0. The molecule has 14 heteroatoms. The Labute approximate surface area is 170 Å². The summed E-state index contributed by atoms with van der Waals surface area (Å²) in [6.45, 7) is 0. The minimum Gasteiger partial charge on any atom is -0.369 e. The van der Waals surface area contributed by atoms with Gasteiger partial charge >= 0.3 is 24.7 Å². The minimum atomic E-state index is -6.14. The molecule has 0 aliphatic heterocycles. The van der Waals surface area contributed by atoms with E-state index in [1.165, 1.54) is 0 Å². The van der Waals surface area contributed by atoms with Crippen LogP contribution in [0, 0.1) is 0 Å². The second-order valence-electron chi connectivity index (χ2n) is 6.57. The van der Waals surface area contributed by atoms with Gasteiger partial charge in [-0.15, -0.1) is 0 Å². The van der Waals surface area contributed by atoms with E-state index in [9.17, 15) is 62.9 Å². The monoisotopic (exact) mass is 486 g/mol. The van der Waals surface area contributed by atoms with Gasteiger partial charge in [0.1, 0.15) is 0 Å². The standard InChI is InChI=1S/C18H10F12O2/c19-15(20,21)13(31,16(22,23)24)11-5-1-9(2-6-11)10-3-7-12(8-4-10)14(32,17(25,26)27)18(28,29)30/h1-8,31-32H. The van der Waals surface area contributed by atoms with Crippen molar-refractivity contribution in [3.8, 4) is 11.1 Å². The SMILES string of the molecule is OC(c1ccc(-c2ccc(C(O)(C(F)(F)F)C(F)(F)F)cc2)cc1)(C(F)(F)F)C(F)(F)F. The predicted molar refractivity (Wildman–Crippen MR) is 83.9 cm³/mol. The molecule has 2 aromatic carbocycles. The van der Waals surface area contributed by atoms with Gasteiger partial charge in [0.25, 0.3) is 11.2 Å². The molecule has 0 bridgehead atoms. The third-order valence-corrected chi connectivity index (χ3v) is 4.58. The molecule has 0 amide bonds. The molecule has 0 aliphatic carbocycles. The highest BCUT2D eigenvalue weighted by molar-refractivity contribution is 5.64. The van der Waals surface area contributed by atoms with Crippen molar-refractivity contribution in [2.45, 2.75) is 35.9 Å². The second kappa shape index (κ2) is 7.54. The first-order chi connectivity index (χ1) is 14.2. The molecule has 2 nitrogen and oxygen atoms in total. The van der Waals surface area contributed by atoms with Gasteiger partial charge < -0.3 is 10.2 Å². The fourth-order valence-electron chi connectivity index (χ4n) is 2.78. The summed E-state index contributed by atoms with van der Waals surface area (Å²) in [5, 5.41) is 18.6. The lowest BCUT2D eigenvalue weighted by Crippen LogP contribution is -2.53. The molecule has 32 heavy (non-hydrogen) atoms. The molecule has 0 fully saturated rings. The Morgan fingerprint density at radius 2 is 0.562 bits per heavy atom. The minimum absolute atomic E-state index is 0.199. The number of hydrogen-bond donors (Lipinski definition) is 2. The van der Waals surface area contributed by atoms with Crippen molar-refractivity contribution in [2.75, 3.05) is 0 Å². The van der Waals surface area contributed by atoms with E-state index in [0.717, 1.165) is 0 Å². The Hall–Kier alpha value is -2.48. The molecule has 0 radical (unpaired) electrons. The lowest BCUT2D eigenvalue weighted by atomic mass is 9.89. The Kier molecular flexibility index (Phi) is 6.07. The zero-order chi connectivity index (χ0) is 25.0. The fraction of sp³-hybridized carbons (Fsp3) is 0.333. The van der Waals surface area contributed by atoms with Crippen LogP contribution in [0.5, 0.6) is 0 Å². The quantitative estimate of drug-likeness (QED) is 0.525. The highest BCUT2D eigenvalue weighted by Gasteiger charge is 2.72. The molecule has 0 spiro atoms. The average Bonchev–Trinajstić information content (AvgIpc) is 2.63. The van der Waals surface area contributed by atoms with Crippen molar-refractivity contribution in [3.63, 3.8) is 0 Å². The summed E-state index contributed by atoms with van der Waals surface area (Å²) in [6.07, 6.45) is -24.6. The third kappa shape index (κ3) is 4.00. The first kappa shape index (κ1) is 25.8. The van der Waals surface area contributed by atoms with Crippen LogP contribution in [0.25, 0.3) is 11.1 Å². The van der Waals surface area contributed by atoms with E-state index in [2.05, 4.69) is 0 Å². The van der Waals surface area contributed by atoms with Crippen molar-refractivity contribution in [1.82, 2.24) is 0 Å². The summed E-state index contributed by atoms with van der Waals surface area (Å²) in [7, 11) is 0. The molecule has 2 N–H and O–H groups in total. The second-order valence-corrected chi connectivity index (χ2v) is 6.57. The van der Waals surface area contributed by atoms with Crippen molar-refractivity contribution in [1.29, 1.82) is 0 Å². The molecule has 0 saturated heterocycles. The normalized spacial score (nSPS) is 14.6. The largest absolute Gasteiger partial charge is 0.430 e. The summed E-state index contributed by atoms with van der Waals surface area (Å²) in [5.41, 5.74) is -14.0. The molecule has 0 aromatic heterocycles. The molecule has 0 aliphatic rings. The maximum Gasteiger partial charge on any atom is 0.430 e. The van der Waals surface area contributed by atoms with E-state index >= 15 is 0 Å². The highest BCUT2D eigenvalue weighted by Crippen LogP contribution is 2.51. The van der Waals surface area contributed by atoms with Crippen LogP contribution in [0.2, 0.25) is 0 Å². The predicted octanol–water partition coefficient (Wildman–Crippen LogP) is 5.98. The maximum atomic E-state index is 12.9. The first-order valence-corrected chi connectivity index (χ1v) is 8.11. The van der Waals surface area contributed by atoms with E-state index in [1.54, 1.807) is 0 Å². The van der Waals surface area contributed by atoms with E-state index in [0.29, 0.717) is 24.3 Å². The Morgan fingerprint density at radius 1 is 0.375 bits per heavy atom. The van der Waals surface area contributed by atoms with E-state index < -0.39 is 47.0 Å². The summed E-state index contributed by atoms with van der Waals surface area (Å²) < 4.78 is 155. The Balaban J connectivity index is 2.48. The first-order valence-electron chi connectivity index (χ1n) is 8.11. The van der Waals surface area contributed by atoms with Crippen LogP contribution in [0.3, 0.4) is 0 Å². The molecule has 0 atom stereocenters. The van der Waals surface area contributed by atoms with Gasteiger partial charge in [-0.25, -0.2) is 0 Å². The van der Waals surface area contributed by atoms with Gasteiger partial charge in [-0.05, 0) is 11.1 Å². The number of halogens is 12. The molecule has 0 saturated carbocycles. The number of hydrogen-bond acceptors (Lipinski definition) is 2. The highest BCUT2D eigenvalue weighted by atomic mass is 19.4. The zero-order valence-corrected chi connectivity index (χ0v) is 15.0. The molecule has 0 unspecified atom stereocenters. The van der Waals surface area contributed by atoms with Crippen LogP contribution in [-0.2, 0) is 11.2 Å². The smallest absolute Gasteiger partial charge is 0.369 e. The van der Waals surface area contributed by atoms with Gasteiger partial charge in [0, 0.05) is 11.1 Å². The maximum absolute atomic E-state index is 12.9. The van der Waals surface area contributed by atoms with E-state index in [1.807, 2.05) is 0 Å². The van der Waals surface area contributed by atoms with Crippen molar-refractivity contribution in [2.24, 2.45) is 0 Å². The summed E-state index contributed by atoms with van der Waals surface area (Å²) in [6, 6.07) is 3.61. The van der Waals surface area contributed by atoms with E-state index in [-0.39, 0.29) is 35.4 Å². The Morgan fingerprint density at radius 3 is 0.719 bits per heavy atom. The average molecular weight is 486 g/mol. The fourth-order valence-corrected chi connectivity index (χ4v) is 2.78. The molecule has 2 aromatic rings. The van der Waals surface area contributed by atoms with E-state index in [4.69, 9.17) is 0 Å². The van der Waals surface area contributed by atoms with Gasteiger partial charge in [-0.1, -0.05) is 48.5 Å². The molecular formula is C18H10F12O2. The number of alkyl halides is 12. The van der Waals surface area contributed by atoms with Crippen molar-refractivity contribution >= 4 is 0 Å². The van der Waals surface area contributed by atoms with Crippen LogP contribution < -0.4 is 0 Å². The topological polar surface area (TPSA) is 40.5 Å². The van der Waals surface area contributed by atoms with Crippen molar-refractivity contribution in [3.05, 3.63) is 59.7 Å². The van der Waals surface area contributed by atoms with Gasteiger partial charge in [-0.3, -0.25) is 0 Å². The van der Waals surface area contributed by atoms with Crippen LogP contribution in [0.4, 0.5) is 52.7 Å². The summed E-state index contributed by atoms with van der Waals surface area (Å²) in [4.78, 5) is 0. The zero-order valence-electron chi connectivity index (χ0n) is 15.0. The summed E-state index contributed by atoms with van der Waals surface area (Å²) >= 11 is 0. The number of benzene rings is 2. The molecule has 2 rings (SSSR count). The van der Waals surface area contributed by atoms with Gasteiger partial charge in [0.2, 0.25) is 0 Å². The van der Waals surface area contributed by atoms with Gasteiger partial charge in [0.05, 0.1) is 0 Å². The van der Waals surface area contributed by atoms with Crippen LogP contribution in [0.1, 0.15) is 11.1 Å². The number of rotatable bonds is 3. The van der Waals surface area contributed by atoms with Crippen molar-refractivity contribution < 1.29 is 62.9 Å². The Bertz CT molecular complexity index is 827. The van der Waals surface area contributed by atoms with Gasteiger partial charge in [0.15, 0.2) is 0 Å². The van der Waals surface area contributed by atoms with Gasteiger partial charge in [-0.2, -0.15) is 52.7 Å². The third-order valence-electron chi connectivity index (χ3n) is 4.58. The van der Waals surface area contributed by atoms with Crippen LogP contribution in [-0.4, -0.2) is 34.9 Å². The number of aliphatic hydroxyl groups is 2. The van der Waals surface area contributed by atoms with Crippen LogP contribution >= 0.6 is 0 Å². The van der Waals surface area contributed by atoms with Crippen LogP contribution in [0.15, 0.2) is 48.5 Å². The molecule has 178 valence electrons. The molecule has 0 heterocycles. The lowest BCUT2D eigenvalue weighted by Gasteiger charge is -2.33.